The van der Waals surface area contributed by atoms with E-state index in [-0.39, 0.29) is 0 Å². The van der Waals surface area contributed by atoms with Crippen molar-refractivity contribution in [3.05, 3.63) is 39.8 Å². The summed E-state index contributed by atoms with van der Waals surface area (Å²) < 4.78 is 7.78. The molecule has 0 aliphatic carbocycles. The molecule has 5 nitrogen and oxygen atoms in total. The van der Waals surface area contributed by atoms with Gasteiger partial charge in [0, 0.05) is 32.2 Å². The van der Waals surface area contributed by atoms with E-state index in [1.807, 2.05) is 20.0 Å². The van der Waals surface area contributed by atoms with Crippen LogP contribution in [-0.2, 0) is 19.9 Å². The monoisotopic (exact) mass is 339 g/mol. The molecule has 0 aliphatic heterocycles. The molecular weight excluding hydrogens is 322 g/mol. The van der Waals surface area contributed by atoms with Gasteiger partial charge in [0.25, 0.3) is 0 Å². The molecule has 0 saturated carbocycles. The van der Waals surface area contributed by atoms with Gasteiger partial charge in [-0.2, -0.15) is 5.10 Å². The van der Waals surface area contributed by atoms with E-state index < -0.39 is 6.10 Å². The second kappa shape index (κ2) is 6.37. The van der Waals surface area contributed by atoms with Crippen LogP contribution in [0.4, 0.5) is 0 Å². The fourth-order valence-electron chi connectivity index (χ4n) is 2.12. The van der Waals surface area contributed by atoms with Crippen LogP contribution in [0.1, 0.15) is 17.0 Å². The van der Waals surface area contributed by atoms with Gasteiger partial charge in [-0.15, -0.1) is 0 Å². The first kappa shape index (κ1) is 15.0. The van der Waals surface area contributed by atoms with Crippen molar-refractivity contribution in [2.75, 3.05) is 7.11 Å². The highest BCUT2D eigenvalue weighted by atomic mass is 79.9. The Balaban J connectivity index is 2.02. The molecule has 1 atom stereocenters. The molecule has 0 aromatic carbocycles. The van der Waals surface area contributed by atoms with E-state index in [9.17, 15) is 5.11 Å². The molecule has 1 unspecified atom stereocenters. The molecule has 2 aromatic rings. The Morgan fingerprint density at radius 1 is 1.40 bits per heavy atom. The summed E-state index contributed by atoms with van der Waals surface area (Å²) in [6.45, 7) is 1.94. The molecule has 0 radical (unpaired) electrons. The number of aryl methyl sites for hydroxylation is 2. The number of methoxy groups -OCH3 is 1. The minimum Gasteiger partial charge on any atom is -0.481 e. The molecule has 0 spiro atoms. The number of hydrogen-bond donors (Lipinski definition) is 1. The molecule has 2 heterocycles. The predicted octanol–water partition coefficient (Wildman–Crippen LogP) is 2.04. The Labute approximate surface area is 126 Å². The van der Waals surface area contributed by atoms with Crippen molar-refractivity contribution in [3.8, 4) is 5.88 Å². The van der Waals surface area contributed by atoms with Gasteiger partial charge in [0.2, 0.25) is 5.88 Å². The quantitative estimate of drug-likeness (QED) is 0.905. The summed E-state index contributed by atoms with van der Waals surface area (Å²) in [5, 5.41) is 14.5. The number of ether oxygens (including phenoxy) is 1. The first-order valence-corrected chi connectivity index (χ1v) is 7.15. The lowest BCUT2D eigenvalue weighted by Gasteiger charge is -2.11. The Morgan fingerprint density at radius 2 is 2.15 bits per heavy atom. The lowest BCUT2D eigenvalue weighted by atomic mass is 10.1. The zero-order chi connectivity index (χ0) is 14.7. The van der Waals surface area contributed by atoms with Crippen molar-refractivity contribution in [3.63, 3.8) is 0 Å². The molecule has 6 heteroatoms. The van der Waals surface area contributed by atoms with Gasteiger partial charge >= 0.3 is 0 Å². The van der Waals surface area contributed by atoms with Gasteiger partial charge in [-0.25, -0.2) is 4.98 Å². The fraction of sp³-hybridized carbons (Fsp3) is 0.429. The molecule has 0 aliphatic rings. The maximum atomic E-state index is 10.2. The second-order valence-electron chi connectivity index (χ2n) is 4.74. The van der Waals surface area contributed by atoms with E-state index in [0.717, 1.165) is 21.4 Å². The van der Waals surface area contributed by atoms with Crippen LogP contribution in [0, 0.1) is 6.92 Å². The van der Waals surface area contributed by atoms with Crippen molar-refractivity contribution in [2.45, 2.75) is 25.9 Å². The number of rotatable bonds is 5. The Bertz CT molecular complexity index is 581. The van der Waals surface area contributed by atoms with Gasteiger partial charge in [0.1, 0.15) is 0 Å². The largest absolute Gasteiger partial charge is 0.481 e. The van der Waals surface area contributed by atoms with Crippen LogP contribution >= 0.6 is 15.9 Å². The van der Waals surface area contributed by atoms with Gasteiger partial charge < -0.3 is 9.84 Å². The molecule has 0 fully saturated rings. The summed E-state index contributed by atoms with van der Waals surface area (Å²) in [6.07, 6.45) is 2.35. The first-order chi connectivity index (χ1) is 9.51. The van der Waals surface area contributed by atoms with Crippen LogP contribution < -0.4 is 4.74 Å². The minimum absolute atomic E-state index is 0.476. The normalized spacial score (nSPS) is 12.4. The number of aliphatic hydroxyl groups is 1. The molecule has 0 bridgehead atoms. The molecule has 0 saturated heterocycles. The molecular formula is C14H18BrN3O2. The number of halogens is 1. The van der Waals surface area contributed by atoms with E-state index in [1.165, 1.54) is 0 Å². The third-order valence-corrected chi connectivity index (χ3v) is 4.20. The van der Waals surface area contributed by atoms with Gasteiger partial charge in [0.15, 0.2) is 0 Å². The summed E-state index contributed by atoms with van der Waals surface area (Å²) in [5.41, 5.74) is 2.91. The van der Waals surface area contributed by atoms with E-state index in [0.29, 0.717) is 18.7 Å². The average Bonchev–Trinajstić information content (AvgIpc) is 2.66. The van der Waals surface area contributed by atoms with Crippen LogP contribution in [-0.4, -0.2) is 33.1 Å². The topological polar surface area (TPSA) is 60.2 Å². The molecule has 20 heavy (non-hydrogen) atoms. The van der Waals surface area contributed by atoms with Crippen LogP contribution in [0.5, 0.6) is 5.88 Å². The van der Waals surface area contributed by atoms with Gasteiger partial charge in [-0.05, 0) is 28.4 Å². The number of aliphatic hydroxyl groups excluding tert-OH is 1. The highest BCUT2D eigenvalue weighted by Crippen LogP contribution is 2.22. The molecule has 108 valence electrons. The van der Waals surface area contributed by atoms with Crippen molar-refractivity contribution in [1.82, 2.24) is 14.8 Å². The van der Waals surface area contributed by atoms with Crippen molar-refractivity contribution >= 4 is 15.9 Å². The lowest BCUT2D eigenvalue weighted by molar-refractivity contribution is 0.172. The van der Waals surface area contributed by atoms with Crippen molar-refractivity contribution in [1.29, 1.82) is 0 Å². The summed E-state index contributed by atoms with van der Waals surface area (Å²) in [7, 11) is 3.47. The van der Waals surface area contributed by atoms with E-state index in [2.05, 4.69) is 26.0 Å². The summed E-state index contributed by atoms with van der Waals surface area (Å²) in [6, 6.07) is 3.71. The minimum atomic E-state index is -0.476. The van der Waals surface area contributed by atoms with E-state index in [1.54, 1.807) is 24.1 Å². The first-order valence-electron chi connectivity index (χ1n) is 6.36. The fourth-order valence-corrected chi connectivity index (χ4v) is 2.62. The number of nitrogens with zero attached hydrogens (tertiary/aromatic N) is 3. The summed E-state index contributed by atoms with van der Waals surface area (Å²) >= 11 is 3.51. The van der Waals surface area contributed by atoms with E-state index in [4.69, 9.17) is 4.74 Å². The Kier molecular flexibility index (Phi) is 4.77. The molecule has 2 aromatic heterocycles. The van der Waals surface area contributed by atoms with Gasteiger partial charge in [0.05, 0.1) is 29.1 Å². The number of aromatic nitrogens is 3. The van der Waals surface area contributed by atoms with Gasteiger partial charge in [-0.3, -0.25) is 4.68 Å². The van der Waals surface area contributed by atoms with Crippen LogP contribution in [0.15, 0.2) is 22.8 Å². The third-order valence-electron chi connectivity index (χ3n) is 3.17. The highest BCUT2D eigenvalue weighted by Gasteiger charge is 2.15. The Hall–Kier alpha value is -1.40. The molecule has 2 rings (SSSR count). The Morgan fingerprint density at radius 3 is 2.65 bits per heavy atom. The van der Waals surface area contributed by atoms with Crippen LogP contribution in [0.3, 0.4) is 0 Å². The van der Waals surface area contributed by atoms with Crippen LogP contribution in [0.25, 0.3) is 0 Å². The zero-order valence-corrected chi connectivity index (χ0v) is 13.4. The smallest absolute Gasteiger partial charge is 0.212 e. The van der Waals surface area contributed by atoms with Gasteiger partial charge in [-0.1, -0.05) is 6.07 Å². The van der Waals surface area contributed by atoms with Crippen molar-refractivity contribution in [2.24, 2.45) is 7.05 Å². The zero-order valence-electron chi connectivity index (χ0n) is 11.8. The highest BCUT2D eigenvalue weighted by molar-refractivity contribution is 9.10. The number of hydrogen-bond acceptors (Lipinski definition) is 4. The summed E-state index contributed by atoms with van der Waals surface area (Å²) in [5.74, 6) is 0.577. The third kappa shape index (κ3) is 3.37. The standard InChI is InChI=1S/C14H18BrN3O2/c1-9-14(15)12(18(2)17-9)7-11(19)6-10-4-5-13(20-3)16-8-10/h4-5,8,11,19H,6-7H2,1-3H3. The second-order valence-corrected chi connectivity index (χ2v) is 5.53. The molecule has 0 amide bonds. The summed E-state index contributed by atoms with van der Waals surface area (Å²) in [4.78, 5) is 4.14. The van der Waals surface area contributed by atoms with Crippen molar-refractivity contribution < 1.29 is 9.84 Å². The van der Waals surface area contributed by atoms with E-state index >= 15 is 0 Å². The lowest BCUT2D eigenvalue weighted by Crippen LogP contribution is -2.16. The average molecular weight is 340 g/mol. The van der Waals surface area contributed by atoms with Crippen LogP contribution in [0.2, 0.25) is 0 Å². The number of pyridine rings is 1. The predicted molar refractivity (Wildman–Crippen MR) is 79.8 cm³/mol. The molecule has 1 N–H and O–H groups in total. The SMILES string of the molecule is COc1ccc(CC(O)Cc2c(Br)c(C)nn2C)cn1. The maximum absolute atomic E-state index is 10.2. The maximum Gasteiger partial charge on any atom is 0.212 e.